The predicted molar refractivity (Wildman–Crippen MR) is 116 cm³/mol. The number of carbonyl (C=O) groups is 1. The molecular formula is C21H21N5O3S. The van der Waals surface area contributed by atoms with Crippen molar-refractivity contribution in [1.82, 2.24) is 19.5 Å². The molecule has 3 aromatic rings. The third-order valence-corrected chi connectivity index (χ3v) is 6.58. The first-order valence-electron chi connectivity index (χ1n) is 9.78. The standard InChI is InChI=1S/C21H21N5O3S/c1-29-13-17-3-2-8-25(17)19-7-5-15(11-22-19)14-4-6-18-16(9-14)12-23-26(18)21-10-20(27)24-30(21)28/h4-7,9-12,17H,2-3,8,13H2,1H3,(H,24,27). The molecule has 1 aromatic carbocycles. The molecule has 5 rings (SSSR count). The summed E-state index contributed by atoms with van der Waals surface area (Å²) in [5.41, 5.74) is 2.82. The molecule has 30 heavy (non-hydrogen) atoms. The second-order valence-corrected chi connectivity index (χ2v) is 8.56. The van der Waals surface area contributed by atoms with Crippen LogP contribution in [0.4, 0.5) is 5.82 Å². The second kappa shape index (κ2) is 7.66. The molecule has 0 spiro atoms. The van der Waals surface area contributed by atoms with Gasteiger partial charge in [0, 0.05) is 36.9 Å². The molecule has 4 heterocycles. The number of aromatic nitrogens is 3. The summed E-state index contributed by atoms with van der Waals surface area (Å²) in [5.74, 6) is 0.598. The van der Waals surface area contributed by atoms with E-state index in [0.717, 1.165) is 47.2 Å². The van der Waals surface area contributed by atoms with E-state index in [1.165, 1.54) is 10.8 Å². The van der Waals surface area contributed by atoms with Crippen LogP contribution in [0.5, 0.6) is 0 Å². The molecule has 1 amide bonds. The van der Waals surface area contributed by atoms with Crippen molar-refractivity contribution in [3.63, 3.8) is 0 Å². The zero-order valence-corrected chi connectivity index (χ0v) is 17.3. The Hall–Kier alpha value is -3.04. The number of benzene rings is 1. The van der Waals surface area contributed by atoms with E-state index in [0.29, 0.717) is 17.7 Å². The van der Waals surface area contributed by atoms with E-state index in [-0.39, 0.29) is 5.91 Å². The van der Waals surface area contributed by atoms with Crippen molar-refractivity contribution >= 4 is 38.6 Å². The quantitative estimate of drug-likeness (QED) is 0.677. The molecule has 2 aliphatic rings. The third-order valence-electron chi connectivity index (χ3n) is 5.53. The summed E-state index contributed by atoms with van der Waals surface area (Å²) in [6, 6.07) is 10.4. The topological polar surface area (TPSA) is 89.4 Å². The summed E-state index contributed by atoms with van der Waals surface area (Å²) in [7, 11) is 0.149. The summed E-state index contributed by atoms with van der Waals surface area (Å²) in [6.45, 7) is 1.71. The lowest BCUT2D eigenvalue weighted by Crippen LogP contribution is -2.33. The molecule has 154 valence electrons. The number of pyridine rings is 1. The Balaban J connectivity index is 1.42. The molecular weight excluding hydrogens is 402 g/mol. The van der Waals surface area contributed by atoms with E-state index in [4.69, 9.17) is 9.72 Å². The molecule has 1 fully saturated rings. The summed E-state index contributed by atoms with van der Waals surface area (Å²) in [5, 5.41) is 5.55. The average Bonchev–Trinajstić information content (AvgIpc) is 3.46. The van der Waals surface area contributed by atoms with Crippen molar-refractivity contribution in [2.24, 2.45) is 0 Å². The minimum atomic E-state index is -1.59. The first-order chi connectivity index (χ1) is 14.6. The fraction of sp³-hybridized carbons (Fsp3) is 0.286. The number of methoxy groups -OCH3 is 1. The molecule has 0 bridgehead atoms. The van der Waals surface area contributed by atoms with Crippen LogP contribution in [0.25, 0.3) is 27.1 Å². The van der Waals surface area contributed by atoms with Crippen LogP contribution < -0.4 is 9.62 Å². The molecule has 1 saturated heterocycles. The monoisotopic (exact) mass is 423 g/mol. The highest BCUT2D eigenvalue weighted by Crippen LogP contribution is 2.29. The summed E-state index contributed by atoms with van der Waals surface area (Å²) >= 11 is 0. The Labute approximate surface area is 176 Å². The van der Waals surface area contributed by atoms with E-state index < -0.39 is 11.0 Å². The number of hydrogen-bond acceptors (Lipinski definition) is 6. The fourth-order valence-electron chi connectivity index (χ4n) is 4.10. The first kappa shape index (κ1) is 19.0. The molecule has 2 aromatic heterocycles. The average molecular weight is 423 g/mol. The predicted octanol–water partition coefficient (Wildman–Crippen LogP) is 2.31. The van der Waals surface area contributed by atoms with Gasteiger partial charge in [0.05, 0.1) is 24.4 Å². The Morgan fingerprint density at radius 1 is 1.23 bits per heavy atom. The molecule has 2 atom stereocenters. The minimum absolute atomic E-state index is 0.338. The Bertz CT molecular complexity index is 1170. The lowest BCUT2D eigenvalue weighted by molar-refractivity contribution is -0.114. The van der Waals surface area contributed by atoms with Crippen LogP contribution >= 0.6 is 0 Å². The number of hydrogen-bond donors (Lipinski definition) is 1. The van der Waals surface area contributed by atoms with E-state index in [9.17, 15) is 9.00 Å². The highest BCUT2D eigenvalue weighted by molar-refractivity contribution is 7.93. The number of carbonyl (C=O) groups excluding carboxylic acids is 1. The van der Waals surface area contributed by atoms with E-state index >= 15 is 0 Å². The van der Waals surface area contributed by atoms with Gasteiger partial charge in [-0.15, -0.1) is 0 Å². The Kier molecular flexibility index (Phi) is 4.84. The molecule has 0 aliphatic carbocycles. The molecule has 9 heteroatoms. The minimum Gasteiger partial charge on any atom is -0.383 e. The largest absolute Gasteiger partial charge is 0.383 e. The number of anilines is 1. The van der Waals surface area contributed by atoms with Gasteiger partial charge in [0.15, 0.2) is 16.0 Å². The molecule has 2 unspecified atom stereocenters. The first-order valence-corrected chi connectivity index (χ1v) is 10.9. The smallest absolute Gasteiger partial charge is 0.258 e. The number of rotatable bonds is 5. The van der Waals surface area contributed by atoms with E-state index in [1.54, 1.807) is 13.3 Å². The summed E-state index contributed by atoms with van der Waals surface area (Å²) < 4.78 is 21.3. The highest BCUT2D eigenvalue weighted by atomic mass is 32.2. The van der Waals surface area contributed by atoms with Crippen molar-refractivity contribution in [1.29, 1.82) is 0 Å². The molecule has 0 radical (unpaired) electrons. The highest BCUT2D eigenvalue weighted by Gasteiger charge is 2.26. The number of amides is 1. The molecule has 8 nitrogen and oxygen atoms in total. The maximum atomic E-state index is 12.1. The van der Waals surface area contributed by atoms with Gasteiger partial charge in [-0.05, 0) is 42.7 Å². The van der Waals surface area contributed by atoms with Crippen LogP contribution in [0.15, 0.2) is 48.8 Å². The zero-order chi connectivity index (χ0) is 20.7. The van der Waals surface area contributed by atoms with E-state index in [1.807, 2.05) is 24.4 Å². The van der Waals surface area contributed by atoms with Gasteiger partial charge in [0.2, 0.25) is 0 Å². The number of nitrogens with zero attached hydrogens (tertiary/aromatic N) is 4. The van der Waals surface area contributed by atoms with Crippen molar-refractivity contribution in [2.75, 3.05) is 25.2 Å². The number of ether oxygens (including phenoxy) is 1. The second-order valence-electron chi connectivity index (χ2n) is 7.40. The van der Waals surface area contributed by atoms with Crippen LogP contribution in [-0.2, 0) is 20.5 Å². The maximum Gasteiger partial charge on any atom is 0.258 e. The van der Waals surface area contributed by atoms with Gasteiger partial charge in [0.1, 0.15) is 5.82 Å². The Morgan fingerprint density at radius 3 is 2.83 bits per heavy atom. The van der Waals surface area contributed by atoms with Crippen LogP contribution in [0.2, 0.25) is 0 Å². The molecule has 0 saturated carbocycles. The molecule has 1 N–H and O–H groups in total. The van der Waals surface area contributed by atoms with Gasteiger partial charge in [-0.1, -0.05) is 6.07 Å². The lowest BCUT2D eigenvalue weighted by atomic mass is 10.1. The Morgan fingerprint density at radius 2 is 2.10 bits per heavy atom. The number of fused-ring (bicyclic) bond motifs is 1. The lowest BCUT2D eigenvalue weighted by Gasteiger charge is -2.25. The zero-order valence-electron chi connectivity index (χ0n) is 16.4. The van der Waals surface area contributed by atoms with Crippen molar-refractivity contribution in [2.45, 2.75) is 18.9 Å². The van der Waals surface area contributed by atoms with Gasteiger partial charge < -0.3 is 9.64 Å². The van der Waals surface area contributed by atoms with Crippen LogP contribution in [0, 0.1) is 0 Å². The van der Waals surface area contributed by atoms with Crippen molar-refractivity contribution < 1.29 is 13.7 Å². The van der Waals surface area contributed by atoms with Crippen LogP contribution in [0.1, 0.15) is 12.8 Å². The maximum absolute atomic E-state index is 12.1. The fourth-order valence-corrected chi connectivity index (χ4v) is 4.96. The third kappa shape index (κ3) is 3.29. The molecule has 2 aliphatic heterocycles. The van der Waals surface area contributed by atoms with Gasteiger partial charge in [-0.2, -0.15) is 5.10 Å². The van der Waals surface area contributed by atoms with Gasteiger partial charge in [-0.3, -0.25) is 9.52 Å². The SMILES string of the molecule is COCC1CCCN1c1ccc(-c2ccc3c(cnn3C3=CC(=O)NS3=O)c2)cn1. The van der Waals surface area contributed by atoms with Gasteiger partial charge in [0.25, 0.3) is 5.91 Å². The van der Waals surface area contributed by atoms with Crippen molar-refractivity contribution in [3.8, 4) is 11.1 Å². The van der Waals surface area contributed by atoms with Crippen LogP contribution in [-0.4, -0.2) is 51.2 Å². The summed E-state index contributed by atoms with van der Waals surface area (Å²) in [6.07, 6.45) is 7.19. The summed E-state index contributed by atoms with van der Waals surface area (Å²) in [4.78, 5) is 18.5. The normalized spacial score (nSPS) is 21.3. The van der Waals surface area contributed by atoms with Gasteiger partial charge in [-0.25, -0.2) is 13.9 Å². The number of nitrogens with one attached hydrogen (secondary N) is 1. The van der Waals surface area contributed by atoms with Crippen molar-refractivity contribution in [3.05, 3.63) is 48.8 Å². The van der Waals surface area contributed by atoms with Gasteiger partial charge >= 0.3 is 0 Å². The van der Waals surface area contributed by atoms with E-state index in [2.05, 4.69) is 26.9 Å². The van der Waals surface area contributed by atoms with Crippen LogP contribution in [0.3, 0.4) is 0 Å².